The molecule has 1 unspecified atom stereocenters. The number of nitrogen functional groups attached to an aromatic ring is 1. The zero-order chi connectivity index (χ0) is 13.9. The number of urea groups is 1. The summed E-state index contributed by atoms with van der Waals surface area (Å²) < 4.78 is 24.2. The van der Waals surface area contributed by atoms with Crippen LogP contribution < -0.4 is 16.8 Å². The van der Waals surface area contributed by atoms with Crippen molar-refractivity contribution in [3.8, 4) is 0 Å². The summed E-state index contributed by atoms with van der Waals surface area (Å²) in [6, 6.07) is 4.65. The summed E-state index contributed by atoms with van der Waals surface area (Å²) in [5.41, 5.74) is 10.3. The summed E-state index contributed by atoms with van der Waals surface area (Å²) in [6.45, 7) is 1.15. The number of nitrogens with one attached hydrogen (secondary N) is 1. The lowest BCUT2D eigenvalue weighted by atomic mass is 10.3. The van der Waals surface area contributed by atoms with Crippen LogP contribution in [0.1, 0.15) is 6.92 Å². The van der Waals surface area contributed by atoms with E-state index in [1.165, 1.54) is 18.2 Å². The van der Waals surface area contributed by atoms with E-state index in [4.69, 9.17) is 11.5 Å². The predicted molar refractivity (Wildman–Crippen MR) is 65.2 cm³/mol. The van der Waals surface area contributed by atoms with E-state index in [0.29, 0.717) is 0 Å². The predicted octanol–water partition coefficient (Wildman–Crippen LogP) is -0.374. The van der Waals surface area contributed by atoms with Gasteiger partial charge in [-0.15, -0.1) is 0 Å². The van der Waals surface area contributed by atoms with E-state index in [0.717, 1.165) is 6.92 Å². The SMILES string of the molecule is CC(C(=O)NC(N)=O)S(=O)(=O)c1ccccc1N. The second-order valence-corrected chi connectivity index (χ2v) is 5.82. The number of anilines is 1. The monoisotopic (exact) mass is 271 g/mol. The summed E-state index contributed by atoms with van der Waals surface area (Å²) in [4.78, 5) is 21.8. The summed E-state index contributed by atoms with van der Waals surface area (Å²) in [7, 11) is -3.96. The molecular weight excluding hydrogens is 258 g/mol. The Kier molecular flexibility index (Phi) is 3.92. The Morgan fingerprint density at radius 2 is 1.83 bits per heavy atom. The Morgan fingerprint density at radius 3 is 2.33 bits per heavy atom. The van der Waals surface area contributed by atoms with Gasteiger partial charge in [0.1, 0.15) is 5.25 Å². The second kappa shape index (κ2) is 5.05. The zero-order valence-corrected chi connectivity index (χ0v) is 10.4. The van der Waals surface area contributed by atoms with E-state index < -0.39 is 27.0 Å². The molecule has 0 saturated carbocycles. The van der Waals surface area contributed by atoms with Crippen molar-refractivity contribution in [3.63, 3.8) is 0 Å². The highest BCUT2D eigenvalue weighted by molar-refractivity contribution is 7.93. The number of benzene rings is 1. The summed E-state index contributed by atoms with van der Waals surface area (Å²) in [5.74, 6) is -0.995. The number of primary amides is 1. The number of amides is 3. The number of sulfone groups is 1. The maximum atomic E-state index is 12.1. The second-order valence-electron chi connectivity index (χ2n) is 3.58. The highest BCUT2D eigenvalue weighted by Gasteiger charge is 2.31. The van der Waals surface area contributed by atoms with Crippen molar-refractivity contribution in [2.24, 2.45) is 5.73 Å². The molecule has 0 aliphatic carbocycles. The Hall–Kier alpha value is -2.09. The lowest BCUT2D eigenvalue weighted by molar-refractivity contribution is -0.119. The third-order valence-electron chi connectivity index (χ3n) is 2.31. The fraction of sp³-hybridized carbons (Fsp3) is 0.200. The van der Waals surface area contributed by atoms with Gasteiger partial charge in [-0.1, -0.05) is 12.1 Å². The van der Waals surface area contributed by atoms with Crippen LogP contribution in [0.4, 0.5) is 10.5 Å². The van der Waals surface area contributed by atoms with Crippen molar-refractivity contribution >= 4 is 27.5 Å². The molecule has 98 valence electrons. The highest BCUT2D eigenvalue weighted by Crippen LogP contribution is 2.22. The van der Waals surface area contributed by atoms with Crippen LogP contribution in [0.2, 0.25) is 0 Å². The van der Waals surface area contributed by atoms with Crippen molar-refractivity contribution in [1.29, 1.82) is 0 Å². The van der Waals surface area contributed by atoms with Gasteiger partial charge in [0.25, 0.3) is 0 Å². The minimum absolute atomic E-state index is 0.0382. The average molecular weight is 271 g/mol. The third kappa shape index (κ3) is 2.77. The molecule has 1 rings (SSSR count). The molecule has 7 nitrogen and oxygen atoms in total. The quantitative estimate of drug-likeness (QED) is 0.645. The number of carbonyl (C=O) groups is 2. The summed E-state index contributed by atoms with van der Waals surface area (Å²) in [6.07, 6.45) is 0. The van der Waals surface area contributed by atoms with Gasteiger partial charge < -0.3 is 11.5 Å². The number of para-hydroxylation sites is 1. The molecule has 0 aliphatic heterocycles. The maximum absolute atomic E-state index is 12.1. The van der Waals surface area contributed by atoms with Crippen molar-refractivity contribution in [2.75, 3.05) is 5.73 Å². The van der Waals surface area contributed by atoms with Crippen molar-refractivity contribution in [3.05, 3.63) is 24.3 Å². The van der Waals surface area contributed by atoms with Gasteiger partial charge in [0, 0.05) is 0 Å². The van der Waals surface area contributed by atoms with E-state index in [9.17, 15) is 18.0 Å². The molecule has 0 bridgehead atoms. The van der Waals surface area contributed by atoms with Gasteiger partial charge in [-0.25, -0.2) is 13.2 Å². The molecule has 1 atom stereocenters. The molecule has 0 aliphatic rings. The van der Waals surface area contributed by atoms with Crippen molar-refractivity contribution < 1.29 is 18.0 Å². The maximum Gasteiger partial charge on any atom is 0.318 e. The first kappa shape index (κ1) is 14.0. The molecule has 0 fully saturated rings. The topological polar surface area (TPSA) is 132 Å². The lowest BCUT2D eigenvalue weighted by Crippen LogP contribution is -2.43. The Labute approximate surface area is 104 Å². The van der Waals surface area contributed by atoms with Crippen LogP contribution in [0.5, 0.6) is 0 Å². The number of hydrogen-bond donors (Lipinski definition) is 3. The van der Waals surface area contributed by atoms with Crippen LogP contribution in [0.25, 0.3) is 0 Å². The normalized spacial score (nSPS) is 12.7. The minimum atomic E-state index is -3.96. The number of imide groups is 1. The van der Waals surface area contributed by atoms with Gasteiger partial charge in [0.2, 0.25) is 5.91 Å². The van der Waals surface area contributed by atoms with Crippen LogP contribution in [0.15, 0.2) is 29.2 Å². The van der Waals surface area contributed by atoms with Crippen LogP contribution in [-0.4, -0.2) is 25.6 Å². The number of hydrogen-bond acceptors (Lipinski definition) is 5. The van der Waals surface area contributed by atoms with E-state index in [2.05, 4.69) is 0 Å². The molecule has 3 amide bonds. The average Bonchev–Trinajstić information content (AvgIpc) is 2.27. The molecular formula is C10H13N3O4S. The Morgan fingerprint density at radius 1 is 1.28 bits per heavy atom. The molecule has 8 heteroatoms. The molecule has 18 heavy (non-hydrogen) atoms. The summed E-state index contributed by atoms with van der Waals surface area (Å²) in [5, 5.41) is 0.255. The number of rotatable bonds is 3. The van der Waals surface area contributed by atoms with Gasteiger partial charge >= 0.3 is 6.03 Å². The van der Waals surface area contributed by atoms with Crippen molar-refractivity contribution in [2.45, 2.75) is 17.1 Å². The van der Waals surface area contributed by atoms with Crippen LogP contribution in [-0.2, 0) is 14.6 Å². The first-order chi connectivity index (χ1) is 8.26. The third-order valence-corrected chi connectivity index (χ3v) is 4.44. The standard InChI is InChI=1S/C10H13N3O4S/c1-6(9(14)13-10(12)15)18(16,17)8-5-3-2-4-7(8)11/h2-6H,11H2,1H3,(H3,12,13,14,15). The first-order valence-electron chi connectivity index (χ1n) is 4.95. The highest BCUT2D eigenvalue weighted by atomic mass is 32.2. The van der Waals surface area contributed by atoms with E-state index in [1.807, 2.05) is 0 Å². The van der Waals surface area contributed by atoms with Gasteiger partial charge in [-0.2, -0.15) is 0 Å². The lowest BCUT2D eigenvalue weighted by Gasteiger charge is -2.13. The Balaban J connectivity index is 3.12. The largest absolute Gasteiger partial charge is 0.398 e. The molecule has 0 spiro atoms. The van der Waals surface area contributed by atoms with E-state index in [1.54, 1.807) is 11.4 Å². The Bertz CT molecular complexity index is 583. The zero-order valence-electron chi connectivity index (χ0n) is 9.58. The molecule has 0 radical (unpaired) electrons. The van der Waals surface area contributed by atoms with Gasteiger partial charge in [0.15, 0.2) is 9.84 Å². The molecule has 1 aromatic rings. The first-order valence-corrected chi connectivity index (χ1v) is 6.50. The van der Waals surface area contributed by atoms with Crippen LogP contribution in [0, 0.1) is 0 Å². The number of nitrogens with two attached hydrogens (primary N) is 2. The number of carbonyl (C=O) groups excluding carboxylic acids is 2. The molecule has 0 saturated heterocycles. The minimum Gasteiger partial charge on any atom is -0.398 e. The molecule has 1 aromatic carbocycles. The summed E-state index contributed by atoms with van der Waals surface area (Å²) >= 11 is 0. The van der Waals surface area contributed by atoms with Gasteiger partial charge in [0.05, 0.1) is 10.6 Å². The van der Waals surface area contributed by atoms with E-state index in [-0.39, 0.29) is 10.6 Å². The van der Waals surface area contributed by atoms with Gasteiger partial charge in [-0.05, 0) is 19.1 Å². The fourth-order valence-corrected chi connectivity index (χ4v) is 2.68. The van der Waals surface area contributed by atoms with Crippen LogP contribution >= 0.6 is 0 Å². The molecule has 5 N–H and O–H groups in total. The van der Waals surface area contributed by atoms with Crippen molar-refractivity contribution in [1.82, 2.24) is 5.32 Å². The fourth-order valence-electron chi connectivity index (χ4n) is 1.29. The van der Waals surface area contributed by atoms with Gasteiger partial charge in [-0.3, -0.25) is 10.1 Å². The molecule has 0 aromatic heterocycles. The smallest absolute Gasteiger partial charge is 0.318 e. The molecule has 0 heterocycles. The van der Waals surface area contributed by atoms with E-state index >= 15 is 0 Å². The van der Waals surface area contributed by atoms with Crippen LogP contribution in [0.3, 0.4) is 0 Å².